The van der Waals surface area contributed by atoms with Gasteiger partial charge >= 0.3 is 0 Å². The number of hydrogen-bond donors (Lipinski definition) is 2. The first-order valence-electron chi connectivity index (χ1n) is 10.8. The van der Waals surface area contributed by atoms with Crippen molar-refractivity contribution in [2.45, 2.75) is 4.90 Å². The number of ether oxygens (including phenoxy) is 1. The maximum absolute atomic E-state index is 14.3. The molecule has 0 spiro atoms. The highest BCUT2D eigenvalue weighted by Crippen LogP contribution is 2.36. The van der Waals surface area contributed by atoms with Crippen LogP contribution in [-0.2, 0) is 10.0 Å². The second kappa shape index (κ2) is 9.94. The first-order valence-corrected chi connectivity index (χ1v) is 13.1. The van der Waals surface area contributed by atoms with Crippen molar-refractivity contribution in [3.63, 3.8) is 0 Å². The number of nitrogens with zero attached hydrogens (tertiary/aromatic N) is 5. The largest absolute Gasteiger partial charge is 0.454 e. The quantitative estimate of drug-likeness (QED) is 0.337. The fraction of sp³-hybridized carbons (Fsp3) is 0.0833. The maximum atomic E-state index is 14.3. The van der Waals surface area contributed by atoms with Crippen LogP contribution in [0.5, 0.6) is 11.5 Å². The van der Waals surface area contributed by atoms with E-state index < -0.39 is 16.0 Å². The summed E-state index contributed by atoms with van der Waals surface area (Å²) >= 11 is 1.13. The van der Waals surface area contributed by atoms with Gasteiger partial charge in [-0.15, -0.1) is 11.3 Å². The van der Waals surface area contributed by atoms with Gasteiger partial charge in [-0.2, -0.15) is 9.65 Å². The topological polar surface area (TPSA) is 133 Å². The second-order valence-electron chi connectivity index (χ2n) is 7.73. The molecule has 0 unspecified atom stereocenters. The number of hydrazine groups is 1. The maximum Gasteiger partial charge on any atom is 0.263 e. The van der Waals surface area contributed by atoms with Crippen molar-refractivity contribution >= 4 is 32.2 Å². The fourth-order valence-electron chi connectivity index (χ4n) is 3.66. The van der Waals surface area contributed by atoms with Crippen molar-refractivity contribution in [2.24, 2.45) is 0 Å². The van der Waals surface area contributed by atoms with Crippen molar-refractivity contribution in [1.82, 2.24) is 25.4 Å². The highest BCUT2D eigenvalue weighted by Gasteiger charge is 2.22. The highest BCUT2D eigenvalue weighted by atomic mass is 32.2. The Morgan fingerprint density at radius 3 is 2.73 bits per heavy atom. The number of aromatic nitrogens is 3. The predicted molar refractivity (Wildman–Crippen MR) is 135 cm³/mol. The normalized spacial score (nSPS) is 13.2. The lowest BCUT2D eigenvalue weighted by molar-refractivity contribution is 0.389. The molecular weight excluding hydrogens is 517 g/mol. The van der Waals surface area contributed by atoms with Gasteiger partial charge in [0.2, 0.25) is 5.95 Å². The number of rotatable bonds is 7. The van der Waals surface area contributed by atoms with Crippen molar-refractivity contribution in [3.05, 3.63) is 83.5 Å². The van der Waals surface area contributed by atoms with E-state index in [9.17, 15) is 18.1 Å². The van der Waals surface area contributed by atoms with Crippen LogP contribution in [0.15, 0.2) is 71.3 Å². The minimum Gasteiger partial charge on any atom is -0.454 e. The van der Waals surface area contributed by atoms with E-state index in [0.29, 0.717) is 23.6 Å². The molecule has 0 amide bonds. The Kier molecular flexibility index (Phi) is 6.53. The summed E-state index contributed by atoms with van der Waals surface area (Å²) in [5.74, 6) is -0.229. The SMILES string of the molecule is CN1NCC=C1c1cc(-c2cccnc2F)ncc1Oc1ccc(S(=O)(=O)Nc2nccs2)cc1C#N. The van der Waals surface area contributed by atoms with Crippen LogP contribution >= 0.6 is 11.3 Å². The zero-order chi connectivity index (χ0) is 26.0. The lowest BCUT2D eigenvalue weighted by Crippen LogP contribution is -2.26. The molecule has 13 heteroatoms. The Morgan fingerprint density at radius 2 is 2.03 bits per heavy atom. The van der Waals surface area contributed by atoms with Crippen LogP contribution in [0.25, 0.3) is 17.0 Å². The van der Waals surface area contributed by atoms with E-state index in [4.69, 9.17) is 4.74 Å². The fourth-order valence-corrected chi connectivity index (χ4v) is 5.47. The Hall–Kier alpha value is -4.38. The summed E-state index contributed by atoms with van der Waals surface area (Å²) < 4.78 is 48.3. The molecule has 1 aromatic carbocycles. The molecule has 0 atom stereocenters. The van der Waals surface area contributed by atoms with Crippen LogP contribution in [0.1, 0.15) is 11.1 Å². The number of thiazole rings is 1. The van der Waals surface area contributed by atoms with Crippen LogP contribution in [0.3, 0.4) is 0 Å². The number of hydrogen-bond acceptors (Lipinski definition) is 10. The summed E-state index contributed by atoms with van der Waals surface area (Å²) in [5.41, 5.74) is 5.07. The van der Waals surface area contributed by atoms with Crippen LogP contribution < -0.4 is 14.9 Å². The predicted octanol–water partition coefficient (Wildman–Crippen LogP) is 3.99. The van der Waals surface area contributed by atoms with Crippen molar-refractivity contribution in [1.29, 1.82) is 5.26 Å². The van der Waals surface area contributed by atoms with Gasteiger partial charge in [-0.25, -0.2) is 23.8 Å². The minimum absolute atomic E-state index is 0.00206. The minimum atomic E-state index is -3.96. The lowest BCUT2D eigenvalue weighted by Gasteiger charge is -2.20. The molecule has 0 radical (unpaired) electrons. The molecule has 0 saturated heterocycles. The summed E-state index contributed by atoms with van der Waals surface area (Å²) in [6.07, 6.45) is 6.19. The summed E-state index contributed by atoms with van der Waals surface area (Å²) in [5, 5.41) is 13.4. The van der Waals surface area contributed by atoms with Crippen molar-refractivity contribution in [3.8, 4) is 28.8 Å². The molecule has 5 rings (SSSR count). The van der Waals surface area contributed by atoms with Gasteiger partial charge in [0.05, 0.1) is 33.6 Å². The van der Waals surface area contributed by atoms with E-state index >= 15 is 0 Å². The van der Waals surface area contributed by atoms with Gasteiger partial charge in [0.25, 0.3) is 10.0 Å². The highest BCUT2D eigenvalue weighted by molar-refractivity contribution is 7.93. The second-order valence-corrected chi connectivity index (χ2v) is 10.3. The van der Waals surface area contributed by atoms with Gasteiger partial charge in [0.1, 0.15) is 11.8 Å². The molecule has 4 aromatic rings. The average molecular weight is 536 g/mol. The molecule has 0 aliphatic carbocycles. The van der Waals surface area contributed by atoms with Crippen molar-refractivity contribution in [2.75, 3.05) is 18.3 Å². The van der Waals surface area contributed by atoms with E-state index in [0.717, 1.165) is 17.0 Å². The molecule has 0 bridgehead atoms. The third kappa shape index (κ3) is 4.98. The molecule has 0 saturated carbocycles. The smallest absolute Gasteiger partial charge is 0.263 e. The Balaban J connectivity index is 1.52. The first-order chi connectivity index (χ1) is 17.9. The molecule has 37 heavy (non-hydrogen) atoms. The molecule has 0 fully saturated rings. The number of anilines is 1. The molecule has 1 aliphatic heterocycles. The number of nitriles is 1. The van der Waals surface area contributed by atoms with Crippen LogP contribution in [0.4, 0.5) is 9.52 Å². The van der Waals surface area contributed by atoms with Crippen molar-refractivity contribution < 1.29 is 17.5 Å². The van der Waals surface area contributed by atoms with E-state index in [1.165, 1.54) is 36.8 Å². The number of sulfonamides is 1. The van der Waals surface area contributed by atoms with Crippen LogP contribution in [-0.4, -0.2) is 42.0 Å². The summed E-state index contributed by atoms with van der Waals surface area (Å²) in [6, 6.07) is 10.8. The molecule has 2 N–H and O–H groups in total. The van der Waals surface area contributed by atoms with Gasteiger partial charge in [0.15, 0.2) is 10.9 Å². The first kappa shape index (κ1) is 24.3. The average Bonchev–Trinajstić information content (AvgIpc) is 3.56. The third-order valence-electron chi connectivity index (χ3n) is 5.42. The van der Waals surface area contributed by atoms with E-state index in [1.807, 2.05) is 19.2 Å². The zero-order valence-electron chi connectivity index (χ0n) is 19.2. The summed E-state index contributed by atoms with van der Waals surface area (Å²) in [6.45, 7) is 0.576. The summed E-state index contributed by atoms with van der Waals surface area (Å²) in [7, 11) is -2.14. The molecule has 10 nitrogen and oxygen atoms in total. The standard InChI is InChI=1S/C24H18FN7O3S2/c1-32-20(6-8-30-32)18-12-19(17-3-2-7-27-23(17)25)29-14-22(18)35-21-5-4-16(11-15(21)13-26)37(33,34)31-24-28-9-10-36-24/h2-7,9-12,14,30H,8H2,1H3,(H,28,31). The van der Waals surface area contributed by atoms with E-state index in [2.05, 4.69) is 25.1 Å². The monoisotopic (exact) mass is 535 g/mol. The number of pyridine rings is 2. The molecule has 3 aromatic heterocycles. The van der Waals surface area contributed by atoms with Crippen LogP contribution in [0.2, 0.25) is 0 Å². The number of benzene rings is 1. The van der Waals surface area contributed by atoms with E-state index in [1.54, 1.807) is 28.6 Å². The van der Waals surface area contributed by atoms with Gasteiger partial charge in [-0.05, 0) is 42.5 Å². The summed E-state index contributed by atoms with van der Waals surface area (Å²) in [4.78, 5) is 11.8. The number of halogens is 1. The van der Waals surface area contributed by atoms with Gasteiger partial charge in [-0.3, -0.25) is 9.71 Å². The Morgan fingerprint density at radius 1 is 1.16 bits per heavy atom. The van der Waals surface area contributed by atoms with Gasteiger partial charge in [0, 0.05) is 36.9 Å². The Bertz CT molecular complexity index is 1650. The van der Waals surface area contributed by atoms with E-state index in [-0.39, 0.29) is 26.9 Å². The van der Waals surface area contributed by atoms with Gasteiger partial charge in [-0.1, -0.05) is 0 Å². The molecular formula is C24H18FN7O3S2. The van der Waals surface area contributed by atoms with Crippen LogP contribution in [0, 0.1) is 17.3 Å². The zero-order valence-corrected chi connectivity index (χ0v) is 20.8. The molecule has 186 valence electrons. The molecule has 4 heterocycles. The number of nitrogens with one attached hydrogen (secondary N) is 2. The Labute approximate surface area is 215 Å². The molecule has 1 aliphatic rings. The third-order valence-corrected chi connectivity index (χ3v) is 7.57. The van der Waals surface area contributed by atoms with Gasteiger partial charge < -0.3 is 9.75 Å². The lowest BCUT2D eigenvalue weighted by atomic mass is 10.1.